The maximum absolute atomic E-state index is 11.4. The molecule has 0 radical (unpaired) electrons. The molecule has 3 N–H and O–H groups in total. The molecule has 0 fully saturated rings. The number of nitrogens with one attached hydrogen (secondary N) is 2. The van der Waals surface area contributed by atoms with Crippen molar-refractivity contribution in [3.05, 3.63) is 0 Å². The SMILES string of the molecule is COC(CNC(=O)NC(C)C(=O)N(C)C)C(=O)O. The quantitative estimate of drug-likeness (QED) is 0.560. The highest BCUT2D eigenvalue weighted by Crippen LogP contribution is 1.90. The fourth-order valence-corrected chi connectivity index (χ4v) is 1.15. The van der Waals surface area contributed by atoms with E-state index in [4.69, 9.17) is 5.11 Å². The molecule has 0 bridgehead atoms. The minimum Gasteiger partial charge on any atom is -0.479 e. The minimum absolute atomic E-state index is 0.180. The van der Waals surface area contributed by atoms with Gasteiger partial charge >= 0.3 is 12.0 Å². The topological polar surface area (TPSA) is 108 Å². The maximum Gasteiger partial charge on any atom is 0.334 e. The van der Waals surface area contributed by atoms with Gasteiger partial charge in [-0.25, -0.2) is 9.59 Å². The Hall–Kier alpha value is -1.83. The first-order valence-electron chi connectivity index (χ1n) is 5.30. The van der Waals surface area contributed by atoms with Crippen molar-refractivity contribution in [2.75, 3.05) is 27.7 Å². The number of hydrogen-bond acceptors (Lipinski definition) is 4. The van der Waals surface area contributed by atoms with Gasteiger partial charge in [-0.3, -0.25) is 4.79 Å². The van der Waals surface area contributed by atoms with E-state index in [1.165, 1.54) is 18.9 Å². The molecule has 0 rings (SSSR count). The smallest absolute Gasteiger partial charge is 0.334 e. The van der Waals surface area contributed by atoms with Crippen molar-refractivity contribution in [3.8, 4) is 0 Å². The summed E-state index contributed by atoms with van der Waals surface area (Å²) in [6.07, 6.45) is -1.12. The molecule has 0 aromatic carbocycles. The average Bonchev–Trinajstić information content (AvgIpc) is 2.27. The third-order valence-electron chi connectivity index (χ3n) is 2.17. The Balaban J connectivity index is 4.12. The van der Waals surface area contributed by atoms with Gasteiger partial charge in [-0.05, 0) is 6.92 Å². The number of carbonyl (C=O) groups is 3. The van der Waals surface area contributed by atoms with Crippen LogP contribution in [0.1, 0.15) is 6.92 Å². The number of urea groups is 1. The lowest BCUT2D eigenvalue weighted by molar-refractivity contribution is -0.148. The first-order valence-corrected chi connectivity index (χ1v) is 5.30. The summed E-state index contributed by atoms with van der Waals surface area (Å²) in [7, 11) is 4.38. The van der Waals surface area contributed by atoms with Gasteiger partial charge in [0.1, 0.15) is 6.04 Å². The number of rotatable bonds is 6. The normalized spacial score (nSPS) is 13.3. The van der Waals surface area contributed by atoms with E-state index in [1.807, 2.05) is 0 Å². The van der Waals surface area contributed by atoms with Crippen LogP contribution in [0.15, 0.2) is 0 Å². The number of carboxylic acid groups (broad SMARTS) is 1. The van der Waals surface area contributed by atoms with Crippen molar-refractivity contribution in [1.82, 2.24) is 15.5 Å². The van der Waals surface area contributed by atoms with Crippen molar-refractivity contribution in [1.29, 1.82) is 0 Å². The van der Waals surface area contributed by atoms with E-state index in [-0.39, 0.29) is 12.5 Å². The summed E-state index contributed by atoms with van der Waals surface area (Å²) in [6.45, 7) is 1.35. The van der Waals surface area contributed by atoms with Gasteiger partial charge in [0.2, 0.25) is 5.91 Å². The lowest BCUT2D eigenvalue weighted by Gasteiger charge is -2.19. The lowest BCUT2D eigenvalue weighted by Crippen LogP contribution is -2.50. The molecule has 0 aromatic heterocycles. The predicted octanol–water partition coefficient (Wildman–Crippen LogP) is -1.14. The van der Waals surface area contributed by atoms with Crippen LogP contribution in [0.25, 0.3) is 0 Å². The largest absolute Gasteiger partial charge is 0.479 e. The Morgan fingerprint density at radius 1 is 1.33 bits per heavy atom. The molecule has 8 heteroatoms. The van der Waals surface area contributed by atoms with Gasteiger partial charge in [0, 0.05) is 21.2 Å². The molecule has 0 spiro atoms. The molecule has 0 aliphatic heterocycles. The molecule has 104 valence electrons. The van der Waals surface area contributed by atoms with Crippen LogP contribution in [0.4, 0.5) is 4.79 Å². The molecule has 2 unspecified atom stereocenters. The summed E-state index contributed by atoms with van der Waals surface area (Å²) in [5.74, 6) is -1.43. The van der Waals surface area contributed by atoms with Gasteiger partial charge in [0.15, 0.2) is 6.10 Å². The summed E-state index contributed by atoms with van der Waals surface area (Å²) < 4.78 is 4.64. The van der Waals surface area contributed by atoms with Gasteiger partial charge in [-0.15, -0.1) is 0 Å². The summed E-state index contributed by atoms with van der Waals surface area (Å²) in [6, 6.07) is -1.31. The number of ether oxygens (including phenoxy) is 1. The standard InChI is InChI=1S/C10H19N3O5/c1-6(8(14)13(2)3)12-10(17)11-5-7(18-4)9(15)16/h6-7H,5H2,1-4H3,(H,15,16)(H2,11,12,17). The highest BCUT2D eigenvalue weighted by molar-refractivity contribution is 5.86. The average molecular weight is 261 g/mol. The van der Waals surface area contributed by atoms with Gasteiger partial charge in [-0.2, -0.15) is 0 Å². The summed E-state index contributed by atoms with van der Waals surface area (Å²) in [5.41, 5.74) is 0. The van der Waals surface area contributed by atoms with Gasteiger partial charge in [0.25, 0.3) is 0 Å². The second-order valence-electron chi connectivity index (χ2n) is 3.87. The Kier molecular flexibility index (Phi) is 6.73. The monoisotopic (exact) mass is 261 g/mol. The van der Waals surface area contributed by atoms with Crippen molar-refractivity contribution in [2.45, 2.75) is 19.1 Å². The predicted molar refractivity (Wildman–Crippen MR) is 63.1 cm³/mol. The molecule has 0 saturated carbocycles. The van der Waals surface area contributed by atoms with Crippen LogP contribution in [-0.4, -0.2) is 67.8 Å². The van der Waals surface area contributed by atoms with E-state index in [0.717, 1.165) is 0 Å². The van der Waals surface area contributed by atoms with Crippen molar-refractivity contribution >= 4 is 17.9 Å². The molecular weight excluding hydrogens is 242 g/mol. The van der Waals surface area contributed by atoms with E-state index < -0.39 is 24.1 Å². The molecule has 2 atom stereocenters. The Morgan fingerprint density at radius 2 is 1.89 bits per heavy atom. The number of aliphatic carboxylic acids is 1. The van der Waals surface area contributed by atoms with Crippen LogP contribution in [0.5, 0.6) is 0 Å². The minimum atomic E-state index is -1.17. The number of amides is 3. The molecule has 8 nitrogen and oxygen atoms in total. The zero-order valence-corrected chi connectivity index (χ0v) is 10.9. The fourth-order valence-electron chi connectivity index (χ4n) is 1.15. The van der Waals surface area contributed by atoms with Gasteiger partial charge < -0.3 is 25.4 Å². The Bertz CT molecular complexity index is 319. The van der Waals surface area contributed by atoms with E-state index in [0.29, 0.717) is 0 Å². The molecule has 0 aromatic rings. The van der Waals surface area contributed by atoms with Crippen molar-refractivity contribution < 1.29 is 24.2 Å². The maximum atomic E-state index is 11.4. The van der Waals surface area contributed by atoms with Crippen molar-refractivity contribution in [2.24, 2.45) is 0 Å². The highest BCUT2D eigenvalue weighted by Gasteiger charge is 2.20. The third-order valence-corrected chi connectivity index (χ3v) is 2.17. The lowest BCUT2D eigenvalue weighted by atomic mass is 10.3. The second-order valence-corrected chi connectivity index (χ2v) is 3.87. The zero-order valence-electron chi connectivity index (χ0n) is 10.9. The number of carboxylic acids is 1. The van der Waals surface area contributed by atoms with E-state index in [2.05, 4.69) is 15.4 Å². The van der Waals surface area contributed by atoms with Crippen LogP contribution < -0.4 is 10.6 Å². The number of likely N-dealkylation sites (N-methyl/N-ethyl adjacent to an activating group) is 1. The second kappa shape index (κ2) is 7.49. The van der Waals surface area contributed by atoms with Crippen LogP contribution in [0.3, 0.4) is 0 Å². The third kappa shape index (κ3) is 5.48. The molecule has 18 heavy (non-hydrogen) atoms. The van der Waals surface area contributed by atoms with Crippen LogP contribution in [-0.2, 0) is 14.3 Å². The van der Waals surface area contributed by atoms with Gasteiger partial charge in [0.05, 0.1) is 6.54 Å². The summed E-state index contributed by atoms with van der Waals surface area (Å²) in [4.78, 5) is 34.8. The first-order chi connectivity index (χ1) is 8.29. The zero-order chi connectivity index (χ0) is 14.3. The Morgan fingerprint density at radius 3 is 2.28 bits per heavy atom. The fraction of sp³-hybridized carbons (Fsp3) is 0.700. The molecule has 0 saturated heterocycles. The number of carbonyl (C=O) groups excluding carboxylic acids is 2. The first kappa shape index (κ1) is 16.2. The number of nitrogens with zero attached hydrogens (tertiary/aromatic N) is 1. The van der Waals surface area contributed by atoms with Crippen LogP contribution >= 0.6 is 0 Å². The number of hydrogen-bond donors (Lipinski definition) is 3. The van der Waals surface area contributed by atoms with Gasteiger partial charge in [-0.1, -0.05) is 0 Å². The summed E-state index contributed by atoms with van der Waals surface area (Å²) in [5, 5.41) is 13.4. The molecular formula is C10H19N3O5. The molecule has 0 aliphatic carbocycles. The number of methoxy groups -OCH3 is 1. The van der Waals surface area contributed by atoms with E-state index >= 15 is 0 Å². The Labute approximate surface area is 105 Å². The molecule has 0 heterocycles. The molecule has 3 amide bonds. The van der Waals surface area contributed by atoms with Crippen LogP contribution in [0, 0.1) is 0 Å². The van der Waals surface area contributed by atoms with Crippen molar-refractivity contribution in [3.63, 3.8) is 0 Å². The highest BCUT2D eigenvalue weighted by atomic mass is 16.5. The van der Waals surface area contributed by atoms with Crippen LogP contribution in [0.2, 0.25) is 0 Å². The summed E-state index contributed by atoms with van der Waals surface area (Å²) >= 11 is 0. The van der Waals surface area contributed by atoms with E-state index in [9.17, 15) is 14.4 Å². The van der Waals surface area contributed by atoms with E-state index in [1.54, 1.807) is 14.1 Å². The molecule has 0 aliphatic rings.